The minimum absolute atomic E-state index is 0.151. The lowest BCUT2D eigenvalue weighted by atomic mass is 9.98. The van der Waals surface area contributed by atoms with Crippen molar-refractivity contribution in [2.75, 3.05) is 39.7 Å². The Labute approximate surface area is 204 Å². The molecule has 178 valence electrons. The van der Waals surface area contributed by atoms with Gasteiger partial charge in [0.25, 0.3) is 5.91 Å². The number of halogens is 1. The zero-order valence-electron chi connectivity index (χ0n) is 19.5. The lowest BCUT2D eigenvalue weighted by Gasteiger charge is -2.11. The number of carbonyl (C=O) groups is 1. The van der Waals surface area contributed by atoms with Gasteiger partial charge in [-0.2, -0.15) is 5.48 Å². The average Bonchev–Trinajstić information content (AvgIpc) is 3.40. The number of carbonyl (C=O) groups excluding carboxylic acids is 1. The molecule has 0 unspecified atom stereocenters. The van der Waals surface area contributed by atoms with Gasteiger partial charge >= 0.3 is 0 Å². The number of hydrogen-bond acceptors (Lipinski definition) is 6. The number of fused-ring (bicyclic) bond motifs is 1. The summed E-state index contributed by atoms with van der Waals surface area (Å²) in [6.07, 6.45) is 6.97. The molecule has 0 aliphatic carbocycles. The number of allylic oxidation sites excluding steroid dienone is 3. The van der Waals surface area contributed by atoms with Crippen LogP contribution < -0.4 is 15.5 Å². The smallest absolute Gasteiger partial charge is 0.256 e. The van der Waals surface area contributed by atoms with E-state index < -0.39 is 0 Å². The summed E-state index contributed by atoms with van der Waals surface area (Å²) in [5.41, 5.74) is 6.61. The van der Waals surface area contributed by atoms with E-state index in [1.807, 2.05) is 56.6 Å². The number of ether oxygens (including phenoxy) is 2. The number of nitrogens with zero attached hydrogens (tertiary/aromatic N) is 1. The standard InChI is InChI=1S/C26H28ClN3O4/c1-30(2)12-5-13-33-18-10-8-17(9-11-18)21-15-22-20(26(31)28-24(22)16-23(21)27)7-4-6-19-14-25(32-3)29-34-19/h6-11,14-16,29H,4-5,12-13H2,1-3H3,(H,28,31). The van der Waals surface area contributed by atoms with Gasteiger partial charge in [0.05, 0.1) is 24.4 Å². The molecule has 2 aromatic rings. The van der Waals surface area contributed by atoms with Crippen molar-refractivity contribution in [3.8, 4) is 16.9 Å². The molecular formula is C26H28ClN3O4. The number of amides is 1. The summed E-state index contributed by atoms with van der Waals surface area (Å²) in [4.78, 5) is 20.0. The monoisotopic (exact) mass is 481 g/mol. The van der Waals surface area contributed by atoms with E-state index in [1.54, 1.807) is 19.3 Å². The highest BCUT2D eigenvalue weighted by Gasteiger charge is 2.25. The van der Waals surface area contributed by atoms with Crippen LogP contribution in [0.3, 0.4) is 0 Å². The SMILES string of the molecule is COC1=CC(=CCC=C2C(=O)Nc3cc(Cl)c(-c4ccc(OCCCN(C)C)cc4)cc32)ON1. The fourth-order valence-corrected chi connectivity index (χ4v) is 4.00. The molecule has 0 bridgehead atoms. The molecule has 8 heteroatoms. The second kappa shape index (κ2) is 10.7. The highest BCUT2D eigenvalue weighted by molar-refractivity contribution is 6.36. The first-order chi connectivity index (χ1) is 16.4. The van der Waals surface area contributed by atoms with Crippen molar-refractivity contribution >= 4 is 28.8 Å². The summed E-state index contributed by atoms with van der Waals surface area (Å²) in [5.74, 6) is 1.83. The highest BCUT2D eigenvalue weighted by atomic mass is 35.5. The number of anilines is 1. The maximum atomic E-state index is 12.6. The number of methoxy groups -OCH3 is 1. The van der Waals surface area contributed by atoms with E-state index in [0.29, 0.717) is 41.0 Å². The molecule has 7 nitrogen and oxygen atoms in total. The Kier molecular flexibility index (Phi) is 7.45. The van der Waals surface area contributed by atoms with Crippen molar-refractivity contribution in [3.63, 3.8) is 0 Å². The molecule has 2 aliphatic rings. The minimum Gasteiger partial charge on any atom is -0.494 e. The third-order valence-electron chi connectivity index (χ3n) is 5.48. The number of rotatable bonds is 9. The number of nitrogens with one attached hydrogen (secondary N) is 2. The van der Waals surface area contributed by atoms with Crippen molar-refractivity contribution < 1.29 is 19.1 Å². The molecule has 2 heterocycles. The summed E-state index contributed by atoms with van der Waals surface area (Å²) < 4.78 is 10.9. The summed E-state index contributed by atoms with van der Waals surface area (Å²) in [6, 6.07) is 11.6. The topological polar surface area (TPSA) is 72.1 Å². The van der Waals surface area contributed by atoms with Crippen LogP contribution in [0.1, 0.15) is 18.4 Å². The highest BCUT2D eigenvalue weighted by Crippen LogP contribution is 2.40. The van der Waals surface area contributed by atoms with Crippen molar-refractivity contribution in [2.45, 2.75) is 12.8 Å². The van der Waals surface area contributed by atoms with E-state index in [9.17, 15) is 4.79 Å². The Morgan fingerprint density at radius 2 is 1.91 bits per heavy atom. The molecule has 0 spiro atoms. The normalized spacial score (nSPS) is 16.9. The van der Waals surface area contributed by atoms with Crippen molar-refractivity contribution in [2.24, 2.45) is 0 Å². The fraction of sp³-hybridized carbons (Fsp3) is 0.269. The number of hydrogen-bond donors (Lipinski definition) is 2. The molecule has 2 N–H and O–H groups in total. The van der Waals surface area contributed by atoms with Crippen LogP contribution in [0.2, 0.25) is 5.02 Å². The quantitative estimate of drug-likeness (QED) is 0.389. The first-order valence-corrected chi connectivity index (χ1v) is 11.4. The van der Waals surface area contributed by atoms with Crippen LogP contribution in [0, 0.1) is 0 Å². The van der Waals surface area contributed by atoms with Crippen molar-refractivity contribution in [1.82, 2.24) is 10.4 Å². The van der Waals surface area contributed by atoms with Crippen LogP contribution in [0.5, 0.6) is 5.75 Å². The van der Waals surface area contributed by atoms with Gasteiger partial charge in [0.15, 0.2) is 5.76 Å². The van der Waals surface area contributed by atoms with Crippen molar-refractivity contribution in [1.29, 1.82) is 0 Å². The van der Waals surface area contributed by atoms with E-state index >= 15 is 0 Å². The predicted octanol–water partition coefficient (Wildman–Crippen LogP) is 4.97. The van der Waals surface area contributed by atoms with E-state index in [4.69, 9.17) is 25.9 Å². The third-order valence-corrected chi connectivity index (χ3v) is 5.79. The maximum absolute atomic E-state index is 12.6. The van der Waals surface area contributed by atoms with Crippen LogP contribution in [0.15, 0.2) is 66.3 Å². The van der Waals surface area contributed by atoms with Gasteiger partial charge in [-0.25, -0.2) is 0 Å². The van der Waals surface area contributed by atoms with E-state index in [0.717, 1.165) is 35.4 Å². The molecular weight excluding hydrogens is 454 g/mol. The second-order valence-corrected chi connectivity index (χ2v) is 8.65. The third kappa shape index (κ3) is 5.55. The molecule has 1 amide bonds. The fourth-order valence-electron chi connectivity index (χ4n) is 3.73. The second-order valence-electron chi connectivity index (χ2n) is 8.24. The van der Waals surface area contributed by atoms with Crippen LogP contribution in [0.25, 0.3) is 16.7 Å². The molecule has 2 aromatic carbocycles. The van der Waals surface area contributed by atoms with Gasteiger partial charge < -0.3 is 24.5 Å². The Morgan fingerprint density at radius 1 is 1.12 bits per heavy atom. The van der Waals surface area contributed by atoms with Gasteiger partial charge in [-0.15, -0.1) is 0 Å². The molecule has 2 aliphatic heterocycles. The molecule has 0 saturated carbocycles. The first kappa shape index (κ1) is 23.7. The van der Waals surface area contributed by atoms with Gasteiger partial charge in [0.2, 0.25) is 5.88 Å². The summed E-state index contributed by atoms with van der Waals surface area (Å²) in [5, 5.41) is 3.47. The summed E-state index contributed by atoms with van der Waals surface area (Å²) in [6.45, 7) is 1.65. The van der Waals surface area contributed by atoms with Crippen LogP contribution >= 0.6 is 11.6 Å². The number of benzene rings is 2. The minimum atomic E-state index is -0.151. The largest absolute Gasteiger partial charge is 0.494 e. The van der Waals surface area contributed by atoms with E-state index in [1.165, 1.54) is 0 Å². The van der Waals surface area contributed by atoms with Gasteiger partial charge in [-0.1, -0.05) is 29.8 Å². The first-order valence-electron chi connectivity index (χ1n) is 11.1. The molecule has 0 saturated heterocycles. The molecule has 0 fully saturated rings. The molecule has 0 radical (unpaired) electrons. The molecule has 0 atom stereocenters. The van der Waals surface area contributed by atoms with Gasteiger partial charge in [-0.05, 0) is 62.8 Å². The number of hydroxylamine groups is 1. The summed E-state index contributed by atoms with van der Waals surface area (Å²) >= 11 is 6.57. The van der Waals surface area contributed by atoms with Gasteiger partial charge in [0, 0.05) is 29.3 Å². The molecule has 4 rings (SSSR count). The lowest BCUT2D eigenvalue weighted by Crippen LogP contribution is -2.15. The average molecular weight is 482 g/mol. The van der Waals surface area contributed by atoms with Crippen LogP contribution in [-0.2, 0) is 14.4 Å². The predicted molar refractivity (Wildman–Crippen MR) is 134 cm³/mol. The lowest BCUT2D eigenvalue weighted by molar-refractivity contribution is -0.110. The Bertz CT molecular complexity index is 1150. The Balaban J connectivity index is 1.50. The zero-order chi connectivity index (χ0) is 24.1. The van der Waals surface area contributed by atoms with E-state index in [-0.39, 0.29) is 5.91 Å². The molecule has 34 heavy (non-hydrogen) atoms. The zero-order valence-corrected chi connectivity index (χ0v) is 20.2. The van der Waals surface area contributed by atoms with E-state index in [2.05, 4.69) is 15.7 Å². The van der Waals surface area contributed by atoms with Crippen molar-refractivity contribution in [3.05, 3.63) is 76.9 Å². The summed E-state index contributed by atoms with van der Waals surface area (Å²) in [7, 11) is 5.65. The van der Waals surface area contributed by atoms with Crippen LogP contribution in [0.4, 0.5) is 5.69 Å². The van der Waals surface area contributed by atoms with Crippen LogP contribution in [-0.4, -0.2) is 45.2 Å². The Hall–Kier alpha value is -3.42. The van der Waals surface area contributed by atoms with Gasteiger partial charge in [-0.3, -0.25) is 4.79 Å². The molecule has 0 aromatic heterocycles. The Morgan fingerprint density at radius 3 is 2.62 bits per heavy atom. The van der Waals surface area contributed by atoms with Gasteiger partial charge in [0.1, 0.15) is 5.75 Å². The maximum Gasteiger partial charge on any atom is 0.256 e.